The van der Waals surface area contributed by atoms with Crippen LogP contribution < -0.4 is 0 Å². The van der Waals surface area contributed by atoms with Crippen molar-refractivity contribution in [1.82, 2.24) is 0 Å². The Hall–Kier alpha value is -0.340. The fourth-order valence-electron chi connectivity index (χ4n) is 2.16. The van der Waals surface area contributed by atoms with E-state index in [9.17, 15) is 5.11 Å². The average Bonchev–Trinajstić information content (AvgIpc) is 2.30. The van der Waals surface area contributed by atoms with Crippen LogP contribution in [-0.4, -0.2) is 24.9 Å². The Labute approximate surface area is 106 Å². The number of rotatable bonds is 10. The molecule has 0 spiro atoms. The van der Waals surface area contributed by atoms with Gasteiger partial charge in [0.2, 0.25) is 0 Å². The van der Waals surface area contributed by atoms with Crippen molar-refractivity contribution in [2.75, 3.05) is 19.8 Å². The molecular formula is C15H28O2. The van der Waals surface area contributed by atoms with Crippen molar-refractivity contribution in [1.29, 1.82) is 0 Å². The van der Waals surface area contributed by atoms with Gasteiger partial charge in [0.25, 0.3) is 0 Å². The van der Waals surface area contributed by atoms with Crippen LogP contribution in [0.1, 0.15) is 58.3 Å². The highest BCUT2D eigenvalue weighted by molar-refractivity contribution is 5.03. The van der Waals surface area contributed by atoms with E-state index in [1.807, 2.05) is 0 Å². The molecular weight excluding hydrogens is 212 g/mol. The van der Waals surface area contributed by atoms with Gasteiger partial charge >= 0.3 is 0 Å². The average molecular weight is 240 g/mol. The molecule has 0 aromatic heterocycles. The number of aliphatic hydroxyl groups excluding tert-OH is 1. The van der Waals surface area contributed by atoms with Crippen molar-refractivity contribution in [2.45, 2.75) is 58.3 Å². The number of hydrogen-bond donors (Lipinski definition) is 1. The lowest BCUT2D eigenvalue weighted by Gasteiger charge is -2.37. The minimum absolute atomic E-state index is 0.0405. The van der Waals surface area contributed by atoms with Gasteiger partial charge in [-0.3, -0.25) is 0 Å². The summed E-state index contributed by atoms with van der Waals surface area (Å²) in [6, 6.07) is 0. The number of ether oxygens (including phenoxy) is 1. The fourth-order valence-corrected chi connectivity index (χ4v) is 2.16. The second-order valence-electron chi connectivity index (χ2n) is 5.33. The lowest BCUT2D eigenvalue weighted by Crippen LogP contribution is -2.43. The van der Waals surface area contributed by atoms with Crippen molar-refractivity contribution in [3.05, 3.63) is 12.2 Å². The molecule has 1 aliphatic heterocycles. The lowest BCUT2D eigenvalue weighted by molar-refractivity contribution is -0.106. The van der Waals surface area contributed by atoms with Gasteiger partial charge in [-0.2, -0.15) is 0 Å². The molecule has 0 atom stereocenters. The van der Waals surface area contributed by atoms with Crippen LogP contribution in [0.4, 0.5) is 0 Å². The zero-order valence-corrected chi connectivity index (χ0v) is 11.3. The van der Waals surface area contributed by atoms with Crippen LogP contribution in [0.2, 0.25) is 0 Å². The maximum atomic E-state index is 9.23. The third kappa shape index (κ3) is 5.69. The topological polar surface area (TPSA) is 29.5 Å². The third-order valence-corrected chi connectivity index (χ3v) is 3.54. The van der Waals surface area contributed by atoms with Gasteiger partial charge in [0.15, 0.2) is 0 Å². The van der Waals surface area contributed by atoms with Crippen LogP contribution >= 0.6 is 0 Å². The molecule has 1 rings (SSSR count). The van der Waals surface area contributed by atoms with Crippen LogP contribution in [0.15, 0.2) is 12.2 Å². The Kier molecular flexibility index (Phi) is 7.54. The van der Waals surface area contributed by atoms with E-state index in [2.05, 4.69) is 19.1 Å². The molecule has 2 heteroatoms. The second kappa shape index (κ2) is 8.71. The summed E-state index contributed by atoms with van der Waals surface area (Å²) in [5.41, 5.74) is -0.0405. The van der Waals surface area contributed by atoms with Crippen molar-refractivity contribution >= 4 is 0 Å². The molecule has 0 bridgehead atoms. The molecule has 0 saturated carbocycles. The highest BCUT2D eigenvalue weighted by atomic mass is 16.5. The van der Waals surface area contributed by atoms with Crippen LogP contribution in [0, 0.1) is 5.41 Å². The third-order valence-electron chi connectivity index (χ3n) is 3.54. The van der Waals surface area contributed by atoms with E-state index in [1.54, 1.807) is 0 Å². The van der Waals surface area contributed by atoms with Crippen LogP contribution in [-0.2, 0) is 4.74 Å². The van der Waals surface area contributed by atoms with E-state index in [0.717, 1.165) is 6.42 Å². The van der Waals surface area contributed by atoms with E-state index < -0.39 is 0 Å². The Morgan fingerprint density at radius 1 is 1.06 bits per heavy atom. The lowest BCUT2D eigenvalue weighted by atomic mass is 9.86. The number of hydrogen-bond acceptors (Lipinski definition) is 2. The smallest absolute Gasteiger partial charge is 0.0602 e. The van der Waals surface area contributed by atoms with Gasteiger partial charge in [0.1, 0.15) is 0 Å². The molecule has 0 amide bonds. The highest BCUT2D eigenvalue weighted by Crippen LogP contribution is 2.28. The predicted molar refractivity (Wildman–Crippen MR) is 72.1 cm³/mol. The summed E-state index contributed by atoms with van der Waals surface area (Å²) in [6.07, 6.45) is 15.0. The highest BCUT2D eigenvalue weighted by Gasteiger charge is 2.34. The Morgan fingerprint density at radius 2 is 1.71 bits per heavy atom. The molecule has 2 nitrogen and oxygen atoms in total. The largest absolute Gasteiger partial charge is 0.395 e. The Balaban J connectivity index is 1.91. The molecule has 1 heterocycles. The van der Waals surface area contributed by atoms with Gasteiger partial charge in [0, 0.05) is 0 Å². The van der Waals surface area contributed by atoms with E-state index in [0.29, 0.717) is 13.2 Å². The van der Waals surface area contributed by atoms with Gasteiger partial charge in [-0.05, 0) is 12.8 Å². The SMILES string of the molecule is CCCCCCCCCC=CC1(CO)COC1. The molecule has 1 saturated heterocycles. The standard InChI is InChI=1S/C15H28O2/c1-2-3-4-5-6-7-8-9-10-11-15(12-16)13-17-14-15/h10-11,16H,2-9,12-14H2,1H3. The molecule has 0 aromatic rings. The van der Waals surface area contributed by atoms with Gasteiger partial charge < -0.3 is 9.84 Å². The molecule has 0 radical (unpaired) electrons. The summed E-state index contributed by atoms with van der Waals surface area (Å²) in [5, 5.41) is 9.23. The first kappa shape index (κ1) is 14.7. The summed E-state index contributed by atoms with van der Waals surface area (Å²) in [6.45, 7) is 3.86. The first-order valence-corrected chi connectivity index (χ1v) is 7.19. The summed E-state index contributed by atoms with van der Waals surface area (Å²) in [4.78, 5) is 0. The minimum atomic E-state index is -0.0405. The number of unbranched alkanes of at least 4 members (excludes halogenated alkanes) is 7. The normalized spacial score (nSPS) is 18.5. The molecule has 100 valence electrons. The second-order valence-corrected chi connectivity index (χ2v) is 5.33. The van der Waals surface area contributed by atoms with Gasteiger partial charge in [-0.25, -0.2) is 0 Å². The maximum absolute atomic E-state index is 9.23. The molecule has 0 aromatic carbocycles. The minimum Gasteiger partial charge on any atom is -0.395 e. The number of aliphatic hydroxyl groups is 1. The summed E-state index contributed by atoms with van der Waals surface area (Å²) < 4.78 is 5.15. The first-order valence-electron chi connectivity index (χ1n) is 7.19. The maximum Gasteiger partial charge on any atom is 0.0602 e. The van der Waals surface area contributed by atoms with E-state index in [4.69, 9.17) is 4.74 Å². The first-order chi connectivity index (χ1) is 8.33. The monoisotopic (exact) mass is 240 g/mol. The van der Waals surface area contributed by atoms with Crippen LogP contribution in [0.25, 0.3) is 0 Å². The van der Waals surface area contributed by atoms with Gasteiger partial charge in [-0.1, -0.05) is 57.6 Å². The Morgan fingerprint density at radius 3 is 2.24 bits per heavy atom. The van der Waals surface area contributed by atoms with Crippen molar-refractivity contribution in [2.24, 2.45) is 5.41 Å². The molecule has 1 N–H and O–H groups in total. The molecule has 1 fully saturated rings. The van der Waals surface area contributed by atoms with E-state index in [-0.39, 0.29) is 12.0 Å². The van der Waals surface area contributed by atoms with Crippen molar-refractivity contribution in [3.63, 3.8) is 0 Å². The summed E-state index contributed by atoms with van der Waals surface area (Å²) in [7, 11) is 0. The van der Waals surface area contributed by atoms with Crippen LogP contribution in [0.3, 0.4) is 0 Å². The predicted octanol–water partition coefficient (Wildman–Crippen LogP) is 3.69. The Bertz CT molecular complexity index is 201. The quantitative estimate of drug-likeness (QED) is 0.466. The van der Waals surface area contributed by atoms with Crippen molar-refractivity contribution in [3.8, 4) is 0 Å². The number of allylic oxidation sites excluding steroid dienone is 1. The molecule has 0 aliphatic carbocycles. The van der Waals surface area contributed by atoms with E-state index in [1.165, 1.54) is 44.9 Å². The molecule has 0 unspecified atom stereocenters. The zero-order valence-electron chi connectivity index (χ0n) is 11.3. The van der Waals surface area contributed by atoms with Crippen molar-refractivity contribution < 1.29 is 9.84 Å². The van der Waals surface area contributed by atoms with Gasteiger partial charge in [0.05, 0.1) is 25.2 Å². The zero-order chi connectivity index (χ0) is 12.4. The van der Waals surface area contributed by atoms with E-state index >= 15 is 0 Å². The van der Waals surface area contributed by atoms with Gasteiger partial charge in [-0.15, -0.1) is 0 Å². The molecule has 1 aliphatic rings. The molecule has 17 heavy (non-hydrogen) atoms. The fraction of sp³-hybridized carbons (Fsp3) is 0.867. The summed E-state index contributed by atoms with van der Waals surface area (Å²) >= 11 is 0. The summed E-state index contributed by atoms with van der Waals surface area (Å²) in [5.74, 6) is 0. The van der Waals surface area contributed by atoms with Crippen LogP contribution in [0.5, 0.6) is 0 Å².